The fourth-order valence-corrected chi connectivity index (χ4v) is 3.24. The maximum Gasteiger partial charge on any atom is 0.277 e. The number of benzene rings is 1. The molecule has 1 aliphatic rings. The van der Waals surface area contributed by atoms with Gasteiger partial charge in [0.25, 0.3) is 5.91 Å². The van der Waals surface area contributed by atoms with Gasteiger partial charge in [0.05, 0.1) is 5.69 Å². The van der Waals surface area contributed by atoms with Crippen molar-refractivity contribution in [2.24, 2.45) is 0 Å². The Morgan fingerprint density at radius 2 is 2.00 bits per heavy atom. The minimum Gasteiger partial charge on any atom is -0.305 e. The predicted molar refractivity (Wildman–Crippen MR) is 92.4 cm³/mol. The van der Waals surface area contributed by atoms with E-state index in [2.05, 4.69) is 15.4 Å². The number of hydrogen-bond acceptors (Lipinski definition) is 3. The van der Waals surface area contributed by atoms with Crippen LogP contribution in [0.1, 0.15) is 33.9 Å². The van der Waals surface area contributed by atoms with E-state index in [9.17, 15) is 13.6 Å². The van der Waals surface area contributed by atoms with Gasteiger partial charge in [0.1, 0.15) is 5.82 Å². The number of amides is 1. The minimum atomic E-state index is -0.945. The molecule has 0 radical (unpaired) electrons. The molecular formula is C19H16F2N4O. The van der Waals surface area contributed by atoms with E-state index in [-0.39, 0.29) is 5.91 Å². The van der Waals surface area contributed by atoms with Gasteiger partial charge in [0.2, 0.25) is 0 Å². The Kier molecular flexibility index (Phi) is 3.99. The SMILES string of the molecule is Cc1cccc(NC(=O)c2nn(-c3ccc(F)c(F)c3)c3c2CCC3)n1. The molecule has 0 saturated carbocycles. The fraction of sp³-hybridized carbons (Fsp3) is 0.211. The Morgan fingerprint density at radius 3 is 2.77 bits per heavy atom. The van der Waals surface area contributed by atoms with Crippen molar-refractivity contribution < 1.29 is 13.6 Å². The van der Waals surface area contributed by atoms with Crippen molar-refractivity contribution in [1.29, 1.82) is 0 Å². The summed E-state index contributed by atoms with van der Waals surface area (Å²) in [7, 11) is 0. The Balaban J connectivity index is 1.71. The Morgan fingerprint density at radius 1 is 1.15 bits per heavy atom. The fourth-order valence-electron chi connectivity index (χ4n) is 3.24. The minimum absolute atomic E-state index is 0.297. The molecule has 5 nitrogen and oxygen atoms in total. The monoisotopic (exact) mass is 354 g/mol. The van der Waals surface area contributed by atoms with Gasteiger partial charge in [-0.25, -0.2) is 18.4 Å². The van der Waals surface area contributed by atoms with Crippen LogP contribution in [0.5, 0.6) is 0 Å². The summed E-state index contributed by atoms with van der Waals surface area (Å²) < 4.78 is 28.4. The van der Waals surface area contributed by atoms with Crippen molar-refractivity contribution in [3.63, 3.8) is 0 Å². The lowest BCUT2D eigenvalue weighted by molar-refractivity contribution is 0.102. The summed E-state index contributed by atoms with van der Waals surface area (Å²) in [6.45, 7) is 1.84. The zero-order valence-electron chi connectivity index (χ0n) is 14.1. The highest BCUT2D eigenvalue weighted by Crippen LogP contribution is 2.28. The van der Waals surface area contributed by atoms with E-state index < -0.39 is 11.6 Å². The summed E-state index contributed by atoms with van der Waals surface area (Å²) in [6, 6.07) is 8.95. The van der Waals surface area contributed by atoms with E-state index in [0.717, 1.165) is 48.3 Å². The summed E-state index contributed by atoms with van der Waals surface area (Å²) >= 11 is 0. The zero-order chi connectivity index (χ0) is 18.3. The van der Waals surface area contributed by atoms with Crippen molar-refractivity contribution in [3.8, 4) is 5.69 Å². The Bertz CT molecular complexity index is 1010. The molecule has 7 heteroatoms. The van der Waals surface area contributed by atoms with Gasteiger partial charge in [0, 0.05) is 23.0 Å². The highest BCUT2D eigenvalue weighted by atomic mass is 19.2. The molecule has 0 saturated heterocycles. The van der Waals surface area contributed by atoms with E-state index >= 15 is 0 Å². The second kappa shape index (κ2) is 6.33. The van der Waals surface area contributed by atoms with Crippen molar-refractivity contribution in [1.82, 2.24) is 14.8 Å². The molecule has 2 aromatic heterocycles. The normalized spacial score (nSPS) is 12.9. The molecule has 0 atom stereocenters. The number of anilines is 1. The van der Waals surface area contributed by atoms with Gasteiger partial charge in [-0.05, 0) is 50.5 Å². The van der Waals surface area contributed by atoms with Gasteiger partial charge >= 0.3 is 0 Å². The van der Waals surface area contributed by atoms with Crippen LogP contribution in [-0.2, 0) is 12.8 Å². The second-order valence-electron chi connectivity index (χ2n) is 6.26. The number of rotatable bonds is 3. The van der Waals surface area contributed by atoms with Crippen LogP contribution < -0.4 is 5.32 Å². The molecule has 0 unspecified atom stereocenters. The number of carbonyl (C=O) groups excluding carboxylic acids is 1. The predicted octanol–water partition coefficient (Wildman–Crippen LogP) is 3.59. The summed E-state index contributed by atoms with van der Waals surface area (Å²) in [5, 5.41) is 7.13. The molecule has 4 rings (SSSR count). The van der Waals surface area contributed by atoms with Crippen LogP contribution in [0.4, 0.5) is 14.6 Å². The lowest BCUT2D eigenvalue weighted by atomic mass is 10.2. The van der Waals surface area contributed by atoms with Crippen LogP contribution in [0.15, 0.2) is 36.4 Å². The lowest BCUT2D eigenvalue weighted by Gasteiger charge is -2.06. The van der Waals surface area contributed by atoms with Crippen LogP contribution in [0, 0.1) is 18.6 Å². The summed E-state index contributed by atoms with van der Waals surface area (Å²) in [6.07, 6.45) is 2.35. The van der Waals surface area contributed by atoms with E-state index in [1.807, 2.05) is 19.1 Å². The average molecular weight is 354 g/mol. The van der Waals surface area contributed by atoms with Crippen LogP contribution >= 0.6 is 0 Å². The Labute approximate surface area is 148 Å². The van der Waals surface area contributed by atoms with Crippen LogP contribution in [-0.4, -0.2) is 20.7 Å². The van der Waals surface area contributed by atoms with Crippen LogP contribution in [0.2, 0.25) is 0 Å². The molecule has 3 aromatic rings. The number of halogens is 2. The van der Waals surface area contributed by atoms with E-state index in [1.54, 1.807) is 6.07 Å². The van der Waals surface area contributed by atoms with Gasteiger partial charge in [-0.3, -0.25) is 4.79 Å². The molecule has 0 aliphatic heterocycles. The highest BCUT2D eigenvalue weighted by molar-refractivity contribution is 6.03. The van der Waals surface area contributed by atoms with Gasteiger partial charge in [0.15, 0.2) is 17.3 Å². The lowest BCUT2D eigenvalue weighted by Crippen LogP contribution is -2.16. The number of nitrogens with one attached hydrogen (secondary N) is 1. The van der Waals surface area contributed by atoms with Gasteiger partial charge in [-0.1, -0.05) is 6.07 Å². The first-order valence-corrected chi connectivity index (χ1v) is 8.34. The first-order chi connectivity index (χ1) is 12.5. The van der Waals surface area contributed by atoms with E-state index in [1.165, 1.54) is 10.7 Å². The van der Waals surface area contributed by atoms with Gasteiger partial charge in [-0.2, -0.15) is 5.10 Å². The standard InChI is InChI=1S/C19H16F2N4O/c1-11-4-2-7-17(22-11)23-19(26)18-13-5-3-6-16(13)25(24-18)12-8-9-14(20)15(21)10-12/h2,4,7-10H,3,5-6H2,1H3,(H,22,23,26). The van der Waals surface area contributed by atoms with Crippen LogP contribution in [0.25, 0.3) is 5.69 Å². The third kappa shape index (κ3) is 2.85. The number of aryl methyl sites for hydroxylation is 1. The zero-order valence-corrected chi connectivity index (χ0v) is 14.1. The quantitative estimate of drug-likeness (QED) is 0.782. The molecule has 132 valence electrons. The number of carbonyl (C=O) groups is 1. The molecule has 26 heavy (non-hydrogen) atoms. The first kappa shape index (κ1) is 16.4. The topological polar surface area (TPSA) is 59.8 Å². The molecule has 2 heterocycles. The first-order valence-electron chi connectivity index (χ1n) is 8.34. The summed E-state index contributed by atoms with van der Waals surface area (Å²) in [4.78, 5) is 17.0. The molecule has 1 N–H and O–H groups in total. The highest BCUT2D eigenvalue weighted by Gasteiger charge is 2.27. The molecule has 0 fully saturated rings. The molecule has 1 aromatic carbocycles. The van der Waals surface area contributed by atoms with Crippen LogP contribution in [0.3, 0.4) is 0 Å². The van der Waals surface area contributed by atoms with Crippen molar-refractivity contribution in [2.45, 2.75) is 26.2 Å². The summed E-state index contributed by atoms with van der Waals surface area (Å²) in [5.74, 6) is -1.77. The maximum atomic E-state index is 13.6. The van der Waals surface area contributed by atoms with E-state index in [0.29, 0.717) is 17.2 Å². The van der Waals surface area contributed by atoms with E-state index in [4.69, 9.17) is 0 Å². The molecule has 0 bridgehead atoms. The number of aromatic nitrogens is 3. The average Bonchev–Trinajstić information content (AvgIpc) is 3.20. The Hall–Kier alpha value is -3.09. The largest absolute Gasteiger partial charge is 0.305 e. The number of fused-ring (bicyclic) bond motifs is 1. The molecule has 1 aliphatic carbocycles. The van der Waals surface area contributed by atoms with Crippen molar-refractivity contribution in [3.05, 3.63) is 70.7 Å². The number of pyridine rings is 1. The van der Waals surface area contributed by atoms with Crippen molar-refractivity contribution in [2.75, 3.05) is 5.32 Å². The van der Waals surface area contributed by atoms with Gasteiger partial charge < -0.3 is 5.32 Å². The smallest absolute Gasteiger partial charge is 0.277 e. The maximum absolute atomic E-state index is 13.6. The molecular weight excluding hydrogens is 338 g/mol. The second-order valence-corrected chi connectivity index (χ2v) is 6.26. The third-order valence-electron chi connectivity index (χ3n) is 4.42. The van der Waals surface area contributed by atoms with Gasteiger partial charge in [-0.15, -0.1) is 0 Å². The van der Waals surface area contributed by atoms with Crippen molar-refractivity contribution >= 4 is 11.7 Å². The molecule has 1 amide bonds. The third-order valence-corrected chi connectivity index (χ3v) is 4.42. The number of nitrogens with zero attached hydrogens (tertiary/aromatic N) is 3. The molecule has 0 spiro atoms. The summed E-state index contributed by atoms with van der Waals surface area (Å²) in [5.41, 5.74) is 3.19. The number of hydrogen-bond donors (Lipinski definition) is 1.